The number of pyridine rings is 1. The average Bonchev–Trinajstić information content (AvgIpc) is 3.01. The minimum Gasteiger partial charge on any atom is -0.444 e. The van der Waals surface area contributed by atoms with Crippen LogP contribution in [0.1, 0.15) is 65.8 Å². The number of hydrogen-bond donors (Lipinski definition) is 1. The van der Waals surface area contributed by atoms with Gasteiger partial charge in [-0.25, -0.2) is 14.2 Å². The van der Waals surface area contributed by atoms with Crippen LogP contribution in [0.15, 0.2) is 72.9 Å². The molecule has 1 aliphatic carbocycles. The lowest BCUT2D eigenvalue weighted by Crippen LogP contribution is -2.50. The van der Waals surface area contributed by atoms with E-state index in [0.29, 0.717) is 24.3 Å². The van der Waals surface area contributed by atoms with E-state index in [2.05, 4.69) is 9.88 Å². The van der Waals surface area contributed by atoms with E-state index in [1.807, 2.05) is 36.4 Å². The number of esters is 1. The van der Waals surface area contributed by atoms with Crippen molar-refractivity contribution >= 4 is 17.7 Å². The molecule has 0 unspecified atom stereocenters. The molecule has 41 heavy (non-hydrogen) atoms. The molecule has 2 N–H and O–H groups in total. The van der Waals surface area contributed by atoms with E-state index < -0.39 is 17.5 Å². The Balaban J connectivity index is 1.08. The van der Waals surface area contributed by atoms with Crippen LogP contribution in [-0.2, 0) is 9.53 Å². The quantitative estimate of drug-likeness (QED) is 0.278. The highest BCUT2D eigenvalue weighted by molar-refractivity contribution is 5.97. The number of halogens is 1. The van der Waals surface area contributed by atoms with E-state index in [1.54, 1.807) is 24.4 Å². The average molecular weight is 558 g/mol. The minimum atomic E-state index is -1.31. The van der Waals surface area contributed by atoms with Gasteiger partial charge in [0.05, 0.1) is 0 Å². The summed E-state index contributed by atoms with van der Waals surface area (Å²) < 4.78 is 18.9. The van der Waals surface area contributed by atoms with Crippen LogP contribution in [0.4, 0.5) is 4.39 Å². The molecule has 1 aromatic heterocycles. The highest BCUT2D eigenvalue weighted by Gasteiger charge is 2.44. The SMILES string of the molecule is NC(=O)C1(OC(=O)c2ccc(-c3ccccc3)cn2)CCC(CCN2CCC(C(=O)c3ccc(F)cc3)CC2)CC1. The third-order valence-electron chi connectivity index (χ3n) is 8.67. The summed E-state index contributed by atoms with van der Waals surface area (Å²) >= 11 is 0. The molecule has 214 valence electrons. The highest BCUT2D eigenvalue weighted by atomic mass is 19.1. The minimum absolute atomic E-state index is 0.0266. The van der Waals surface area contributed by atoms with E-state index in [-0.39, 0.29) is 23.2 Å². The van der Waals surface area contributed by atoms with E-state index >= 15 is 0 Å². The molecule has 0 bridgehead atoms. The molecule has 2 fully saturated rings. The zero-order valence-corrected chi connectivity index (χ0v) is 23.1. The smallest absolute Gasteiger partial charge is 0.357 e. The summed E-state index contributed by atoms with van der Waals surface area (Å²) in [6.07, 6.45) is 6.48. The first-order valence-corrected chi connectivity index (χ1v) is 14.4. The maximum Gasteiger partial charge on any atom is 0.357 e. The monoisotopic (exact) mass is 557 g/mol. The van der Waals surface area contributed by atoms with E-state index in [4.69, 9.17) is 10.5 Å². The normalized spacial score (nSPS) is 21.7. The number of nitrogens with zero attached hydrogens (tertiary/aromatic N) is 2. The van der Waals surface area contributed by atoms with Crippen molar-refractivity contribution in [2.45, 2.75) is 50.5 Å². The van der Waals surface area contributed by atoms with Crippen LogP contribution < -0.4 is 5.73 Å². The maximum absolute atomic E-state index is 13.2. The van der Waals surface area contributed by atoms with Gasteiger partial charge in [0.25, 0.3) is 5.91 Å². The summed E-state index contributed by atoms with van der Waals surface area (Å²) in [4.78, 5) is 44.8. The first-order valence-electron chi connectivity index (χ1n) is 14.4. The van der Waals surface area contributed by atoms with Gasteiger partial charge in [-0.2, -0.15) is 0 Å². The van der Waals surface area contributed by atoms with Crippen molar-refractivity contribution in [1.29, 1.82) is 0 Å². The van der Waals surface area contributed by atoms with Crippen molar-refractivity contribution in [3.63, 3.8) is 0 Å². The fraction of sp³-hybridized carbons (Fsp3) is 0.394. The number of ether oxygens (including phenoxy) is 1. The van der Waals surface area contributed by atoms with Crippen LogP contribution in [0.2, 0.25) is 0 Å². The Morgan fingerprint density at radius 3 is 2.20 bits per heavy atom. The second-order valence-corrected chi connectivity index (χ2v) is 11.3. The molecule has 7 nitrogen and oxygen atoms in total. The van der Waals surface area contributed by atoms with Crippen LogP contribution in [0.3, 0.4) is 0 Å². The first kappa shape index (κ1) is 28.6. The van der Waals surface area contributed by atoms with Gasteiger partial charge in [0.2, 0.25) is 0 Å². The van der Waals surface area contributed by atoms with Crippen molar-refractivity contribution in [3.05, 3.63) is 90.0 Å². The summed E-state index contributed by atoms with van der Waals surface area (Å²) in [5, 5.41) is 0. The van der Waals surface area contributed by atoms with Gasteiger partial charge < -0.3 is 15.4 Å². The zero-order chi connectivity index (χ0) is 28.8. The zero-order valence-electron chi connectivity index (χ0n) is 23.1. The third kappa shape index (κ3) is 6.88. The predicted molar refractivity (Wildman–Crippen MR) is 153 cm³/mol. The largest absolute Gasteiger partial charge is 0.444 e. The van der Waals surface area contributed by atoms with Crippen molar-refractivity contribution in [2.24, 2.45) is 17.6 Å². The lowest BCUT2D eigenvalue weighted by Gasteiger charge is -2.38. The van der Waals surface area contributed by atoms with Crippen molar-refractivity contribution in [3.8, 4) is 11.1 Å². The van der Waals surface area contributed by atoms with Crippen molar-refractivity contribution in [2.75, 3.05) is 19.6 Å². The van der Waals surface area contributed by atoms with Crippen LogP contribution >= 0.6 is 0 Å². The molecule has 1 saturated heterocycles. The Hall–Kier alpha value is -3.91. The van der Waals surface area contributed by atoms with Gasteiger partial charge in [-0.3, -0.25) is 9.59 Å². The number of primary amides is 1. The molecule has 5 rings (SSSR count). The summed E-state index contributed by atoms with van der Waals surface area (Å²) in [6, 6.07) is 19.0. The number of carbonyl (C=O) groups is 3. The van der Waals surface area contributed by atoms with Crippen LogP contribution in [0, 0.1) is 17.7 Å². The molecule has 3 aromatic rings. The Kier molecular flexibility index (Phi) is 8.88. The van der Waals surface area contributed by atoms with Gasteiger partial charge >= 0.3 is 5.97 Å². The Bertz CT molecular complexity index is 1350. The Morgan fingerprint density at radius 2 is 1.59 bits per heavy atom. The Morgan fingerprint density at radius 1 is 0.902 bits per heavy atom. The molecule has 2 heterocycles. The van der Waals surface area contributed by atoms with Gasteiger partial charge in [-0.15, -0.1) is 0 Å². The second kappa shape index (κ2) is 12.7. The first-order chi connectivity index (χ1) is 19.8. The maximum atomic E-state index is 13.2. The van der Waals surface area contributed by atoms with Gasteiger partial charge in [-0.05, 0) is 106 Å². The van der Waals surface area contributed by atoms with Crippen LogP contribution in [0.25, 0.3) is 11.1 Å². The van der Waals surface area contributed by atoms with Crippen LogP contribution in [-0.4, -0.2) is 52.8 Å². The van der Waals surface area contributed by atoms with Crippen LogP contribution in [0.5, 0.6) is 0 Å². The summed E-state index contributed by atoms with van der Waals surface area (Å²) in [5.41, 5.74) is 7.05. The molecule has 1 amide bonds. The number of benzene rings is 2. The van der Waals surface area contributed by atoms with Gasteiger partial charge in [0, 0.05) is 23.2 Å². The Labute approximate surface area is 239 Å². The summed E-state index contributed by atoms with van der Waals surface area (Å²) in [5.74, 6) is -1.12. The molecule has 1 saturated carbocycles. The number of ketones is 1. The molecule has 2 aliphatic rings. The molecule has 8 heteroatoms. The number of likely N-dealkylation sites (tertiary alicyclic amines) is 1. The fourth-order valence-corrected chi connectivity index (χ4v) is 6.01. The number of rotatable bonds is 9. The van der Waals surface area contributed by atoms with Crippen molar-refractivity contribution in [1.82, 2.24) is 9.88 Å². The molecule has 1 aliphatic heterocycles. The van der Waals surface area contributed by atoms with Gasteiger partial charge in [0.1, 0.15) is 11.5 Å². The number of hydrogen-bond acceptors (Lipinski definition) is 6. The number of nitrogens with two attached hydrogens (primary N) is 1. The van der Waals surface area contributed by atoms with E-state index in [1.165, 1.54) is 12.1 Å². The van der Waals surface area contributed by atoms with Crippen molar-refractivity contribution < 1.29 is 23.5 Å². The molecule has 0 atom stereocenters. The van der Waals surface area contributed by atoms with E-state index in [0.717, 1.165) is 62.9 Å². The second-order valence-electron chi connectivity index (χ2n) is 11.3. The predicted octanol–water partition coefficient (Wildman–Crippen LogP) is 5.44. The number of Topliss-reactive ketones (excluding diaryl/α,β-unsaturated/α-hetero) is 1. The lowest BCUT2D eigenvalue weighted by molar-refractivity contribution is -0.142. The topological polar surface area (TPSA) is 103 Å². The number of amides is 1. The standard InChI is InChI=1S/C33H36FN3O4/c34-28-9-6-25(7-10-28)30(38)26-15-20-37(21-16-26)19-14-23-12-17-33(18-13-23,32(35)40)41-31(39)29-11-8-27(22-36-29)24-4-2-1-3-5-24/h1-11,22-23,26H,12-21H2,(H2,35,40). The van der Waals surface area contributed by atoms with Gasteiger partial charge in [-0.1, -0.05) is 36.4 Å². The fourth-order valence-electron chi connectivity index (χ4n) is 6.01. The molecule has 0 spiro atoms. The molecular formula is C33H36FN3O4. The molecular weight excluding hydrogens is 521 g/mol. The van der Waals surface area contributed by atoms with Gasteiger partial charge in [0.15, 0.2) is 11.4 Å². The number of piperidine rings is 1. The molecule has 2 aromatic carbocycles. The van der Waals surface area contributed by atoms with E-state index in [9.17, 15) is 18.8 Å². The third-order valence-corrected chi connectivity index (χ3v) is 8.67. The lowest BCUT2D eigenvalue weighted by atomic mass is 9.77. The number of aromatic nitrogens is 1. The molecule has 0 radical (unpaired) electrons. The summed E-state index contributed by atoms with van der Waals surface area (Å²) in [7, 11) is 0. The summed E-state index contributed by atoms with van der Waals surface area (Å²) in [6.45, 7) is 2.62. The number of carbonyl (C=O) groups excluding carboxylic acids is 3. The highest BCUT2D eigenvalue weighted by Crippen LogP contribution is 2.37.